The minimum absolute atomic E-state index is 0.212. The van der Waals surface area contributed by atoms with E-state index in [1.807, 2.05) is 24.3 Å². The molecule has 0 saturated heterocycles. The van der Waals surface area contributed by atoms with Gasteiger partial charge >= 0.3 is 5.97 Å². The molecule has 7 nitrogen and oxygen atoms in total. The lowest BCUT2D eigenvalue weighted by molar-refractivity contribution is -0.123. The Balaban J connectivity index is 1.55. The van der Waals surface area contributed by atoms with Crippen LogP contribution in [0.5, 0.6) is 5.75 Å². The summed E-state index contributed by atoms with van der Waals surface area (Å²) in [6, 6.07) is 14.3. The van der Waals surface area contributed by atoms with Crippen molar-refractivity contribution in [2.75, 3.05) is 13.2 Å². The molecule has 0 saturated carbocycles. The molecular weight excluding hydrogens is 334 g/mol. The second-order valence-electron chi connectivity index (χ2n) is 5.48. The summed E-state index contributed by atoms with van der Waals surface area (Å²) in [4.78, 5) is 31.4. The van der Waals surface area contributed by atoms with Crippen LogP contribution in [0.15, 0.2) is 48.5 Å². The molecule has 1 heterocycles. The Bertz CT molecular complexity index is 887. The second-order valence-corrected chi connectivity index (χ2v) is 5.48. The third-order valence-corrected chi connectivity index (χ3v) is 3.63. The Hall–Kier alpha value is -3.35. The zero-order valence-electron chi connectivity index (χ0n) is 14.3. The van der Waals surface area contributed by atoms with Crippen LogP contribution in [-0.4, -0.2) is 35.1 Å². The Morgan fingerprint density at radius 3 is 2.69 bits per heavy atom. The molecule has 0 bridgehead atoms. The number of aromatic nitrogens is 2. The first-order valence-electron chi connectivity index (χ1n) is 8.26. The largest absolute Gasteiger partial charge is 0.483 e. The van der Waals surface area contributed by atoms with Crippen molar-refractivity contribution in [3.63, 3.8) is 0 Å². The van der Waals surface area contributed by atoms with E-state index in [-0.39, 0.29) is 25.7 Å². The van der Waals surface area contributed by atoms with E-state index in [0.29, 0.717) is 17.1 Å². The van der Waals surface area contributed by atoms with Crippen LogP contribution in [0.2, 0.25) is 0 Å². The van der Waals surface area contributed by atoms with Crippen LogP contribution in [0, 0.1) is 0 Å². The number of fused-ring (bicyclic) bond motifs is 1. The van der Waals surface area contributed by atoms with Gasteiger partial charge < -0.3 is 19.8 Å². The quantitative estimate of drug-likeness (QED) is 0.636. The van der Waals surface area contributed by atoms with E-state index in [0.717, 1.165) is 11.0 Å². The molecule has 0 aliphatic heterocycles. The zero-order chi connectivity index (χ0) is 18.4. The molecular formula is C19H19N3O4. The average Bonchev–Trinajstić information content (AvgIpc) is 3.08. The van der Waals surface area contributed by atoms with Crippen molar-refractivity contribution in [2.24, 2.45) is 0 Å². The minimum atomic E-state index is -0.481. The first-order chi connectivity index (χ1) is 12.7. The Labute approximate surface area is 150 Å². The van der Waals surface area contributed by atoms with Gasteiger partial charge in [0.15, 0.2) is 6.61 Å². The summed E-state index contributed by atoms with van der Waals surface area (Å²) in [6.07, 6.45) is 0. The number of nitrogens with zero attached hydrogens (tertiary/aromatic N) is 1. The number of rotatable bonds is 7. The van der Waals surface area contributed by atoms with Crippen molar-refractivity contribution < 1.29 is 19.1 Å². The summed E-state index contributed by atoms with van der Waals surface area (Å²) < 4.78 is 10.4. The Kier molecular flexibility index (Phi) is 5.48. The van der Waals surface area contributed by atoms with Gasteiger partial charge in [-0.25, -0.2) is 9.78 Å². The highest BCUT2D eigenvalue weighted by molar-refractivity contribution is 5.92. The second kappa shape index (κ2) is 8.15. The van der Waals surface area contributed by atoms with Gasteiger partial charge in [0.1, 0.15) is 17.1 Å². The molecule has 1 amide bonds. The van der Waals surface area contributed by atoms with Crippen molar-refractivity contribution in [3.05, 3.63) is 59.9 Å². The van der Waals surface area contributed by atoms with E-state index in [1.54, 1.807) is 31.2 Å². The number of aromatic amines is 1. The number of carbonyl (C=O) groups excluding carboxylic acids is 2. The summed E-state index contributed by atoms with van der Waals surface area (Å²) in [5.41, 5.74) is 2.05. The molecule has 0 radical (unpaired) electrons. The standard InChI is InChI=1S/C19H19N3O4/c1-2-25-19(24)13-7-3-6-10-16(13)26-12-18(23)20-11-17-21-14-8-4-5-9-15(14)22-17/h3-10H,2,11-12H2,1H3,(H,20,23)(H,21,22). The van der Waals surface area contributed by atoms with Gasteiger partial charge in [-0.15, -0.1) is 0 Å². The van der Waals surface area contributed by atoms with E-state index in [4.69, 9.17) is 9.47 Å². The first kappa shape index (κ1) is 17.5. The third kappa shape index (κ3) is 4.18. The van der Waals surface area contributed by atoms with Crippen LogP contribution in [0.1, 0.15) is 23.1 Å². The smallest absolute Gasteiger partial charge is 0.341 e. The molecule has 0 atom stereocenters. The minimum Gasteiger partial charge on any atom is -0.483 e. The molecule has 3 aromatic rings. The first-order valence-corrected chi connectivity index (χ1v) is 8.26. The number of H-pyrrole nitrogens is 1. The fourth-order valence-corrected chi connectivity index (χ4v) is 2.44. The molecule has 0 fully saturated rings. The Morgan fingerprint density at radius 1 is 1.12 bits per heavy atom. The average molecular weight is 353 g/mol. The molecule has 0 spiro atoms. The van der Waals surface area contributed by atoms with Crippen LogP contribution in [-0.2, 0) is 16.1 Å². The van der Waals surface area contributed by atoms with Gasteiger partial charge in [-0.2, -0.15) is 0 Å². The number of ether oxygens (including phenoxy) is 2. The van der Waals surface area contributed by atoms with Gasteiger partial charge in [-0.05, 0) is 31.2 Å². The highest BCUT2D eigenvalue weighted by Crippen LogP contribution is 2.19. The van der Waals surface area contributed by atoms with Gasteiger partial charge in [0, 0.05) is 0 Å². The van der Waals surface area contributed by atoms with E-state index in [2.05, 4.69) is 15.3 Å². The lowest BCUT2D eigenvalue weighted by Crippen LogP contribution is -2.29. The number of hydrogen-bond donors (Lipinski definition) is 2. The topological polar surface area (TPSA) is 93.3 Å². The van der Waals surface area contributed by atoms with Crippen LogP contribution in [0.3, 0.4) is 0 Å². The number of hydrogen-bond acceptors (Lipinski definition) is 5. The van der Waals surface area contributed by atoms with Gasteiger partial charge in [0.2, 0.25) is 0 Å². The molecule has 2 N–H and O–H groups in total. The number of carbonyl (C=O) groups is 2. The van der Waals surface area contributed by atoms with E-state index in [1.165, 1.54) is 0 Å². The van der Waals surface area contributed by atoms with Crippen molar-refractivity contribution in [3.8, 4) is 5.75 Å². The number of benzene rings is 2. The van der Waals surface area contributed by atoms with Gasteiger partial charge in [-0.1, -0.05) is 24.3 Å². The van der Waals surface area contributed by atoms with Gasteiger partial charge in [0.05, 0.1) is 24.2 Å². The monoisotopic (exact) mass is 353 g/mol. The molecule has 0 aliphatic carbocycles. The van der Waals surface area contributed by atoms with Crippen LogP contribution < -0.4 is 10.1 Å². The summed E-state index contributed by atoms with van der Waals surface area (Å²) in [5, 5.41) is 2.73. The Morgan fingerprint density at radius 2 is 1.88 bits per heavy atom. The highest BCUT2D eigenvalue weighted by Gasteiger charge is 2.14. The zero-order valence-corrected chi connectivity index (χ0v) is 14.3. The van der Waals surface area contributed by atoms with Crippen LogP contribution in [0.25, 0.3) is 11.0 Å². The molecule has 0 unspecified atom stereocenters. The molecule has 2 aromatic carbocycles. The predicted molar refractivity (Wildman–Crippen MR) is 95.8 cm³/mol. The number of amides is 1. The number of imidazole rings is 1. The van der Waals surface area contributed by atoms with Crippen molar-refractivity contribution in [2.45, 2.75) is 13.5 Å². The molecule has 134 valence electrons. The van der Waals surface area contributed by atoms with Crippen molar-refractivity contribution >= 4 is 22.9 Å². The normalized spacial score (nSPS) is 10.5. The van der Waals surface area contributed by atoms with Crippen LogP contribution >= 0.6 is 0 Å². The van der Waals surface area contributed by atoms with E-state index < -0.39 is 5.97 Å². The molecule has 1 aromatic heterocycles. The predicted octanol–water partition coefficient (Wildman–Crippen LogP) is 2.43. The fourth-order valence-electron chi connectivity index (χ4n) is 2.44. The number of nitrogens with one attached hydrogen (secondary N) is 2. The highest BCUT2D eigenvalue weighted by atomic mass is 16.5. The number of para-hydroxylation sites is 3. The molecule has 0 aliphatic rings. The van der Waals surface area contributed by atoms with Crippen molar-refractivity contribution in [1.29, 1.82) is 0 Å². The van der Waals surface area contributed by atoms with Crippen molar-refractivity contribution in [1.82, 2.24) is 15.3 Å². The summed E-state index contributed by atoms with van der Waals surface area (Å²) in [5.74, 6) is 0.172. The van der Waals surface area contributed by atoms with Gasteiger partial charge in [-0.3, -0.25) is 4.79 Å². The maximum atomic E-state index is 12.0. The fraction of sp³-hybridized carbons (Fsp3) is 0.211. The molecule has 26 heavy (non-hydrogen) atoms. The summed E-state index contributed by atoms with van der Waals surface area (Å²) >= 11 is 0. The maximum Gasteiger partial charge on any atom is 0.341 e. The summed E-state index contributed by atoms with van der Waals surface area (Å²) in [6.45, 7) is 2.05. The lowest BCUT2D eigenvalue weighted by Gasteiger charge is -2.10. The SMILES string of the molecule is CCOC(=O)c1ccccc1OCC(=O)NCc1nc2ccccc2[nH]1. The lowest BCUT2D eigenvalue weighted by atomic mass is 10.2. The molecule has 7 heteroatoms. The van der Waals surface area contributed by atoms with Crippen LogP contribution in [0.4, 0.5) is 0 Å². The van der Waals surface area contributed by atoms with Gasteiger partial charge in [0.25, 0.3) is 5.91 Å². The maximum absolute atomic E-state index is 12.0. The summed E-state index contributed by atoms with van der Waals surface area (Å²) in [7, 11) is 0. The van der Waals surface area contributed by atoms with E-state index in [9.17, 15) is 9.59 Å². The third-order valence-electron chi connectivity index (χ3n) is 3.63. The van der Waals surface area contributed by atoms with E-state index >= 15 is 0 Å². The molecule has 3 rings (SSSR count). The number of esters is 1.